The summed E-state index contributed by atoms with van der Waals surface area (Å²) in [4.78, 5) is 33.5. The number of anilines is 1. The zero-order chi connectivity index (χ0) is 20.4. The summed E-state index contributed by atoms with van der Waals surface area (Å²) >= 11 is 8.91. The standard InChI is InChI=1S/C20H15ClN4O2S2/c1-12(26)22-19-23-14(10-28-19)11-29-20-24-17-8-3-2-7-16(17)18(27)25(20)15-6-4-5-13(21)9-15/h2-10H,11H2,1H3,(H,22,23,26). The largest absolute Gasteiger partial charge is 0.302 e. The second kappa shape index (κ2) is 8.36. The van der Waals surface area contributed by atoms with Gasteiger partial charge in [-0.1, -0.05) is 41.6 Å². The molecule has 29 heavy (non-hydrogen) atoms. The molecule has 0 spiro atoms. The molecule has 0 aliphatic carbocycles. The molecule has 2 aromatic carbocycles. The zero-order valence-electron chi connectivity index (χ0n) is 15.3. The molecule has 0 saturated carbocycles. The van der Waals surface area contributed by atoms with Crippen molar-refractivity contribution in [2.24, 2.45) is 0 Å². The highest BCUT2D eigenvalue weighted by molar-refractivity contribution is 7.98. The number of rotatable bonds is 5. The molecule has 6 nitrogen and oxygen atoms in total. The summed E-state index contributed by atoms with van der Waals surface area (Å²) < 4.78 is 1.57. The monoisotopic (exact) mass is 442 g/mol. The van der Waals surface area contributed by atoms with Crippen molar-refractivity contribution < 1.29 is 4.79 Å². The summed E-state index contributed by atoms with van der Waals surface area (Å²) in [5.41, 5.74) is 1.93. The third-order valence-electron chi connectivity index (χ3n) is 4.00. The summed E-state index contributed by atoms with van der Waals surface area (Å²) in [5.74, 6) is 0.339. The Bertz CT molecular complexity index is 1270. The summed E-state index contributed by atoms with van der Waals surface area (Å²) in [6, 6.07) is 14.4. The molecule has 9 heteroatoms. The summed E-state index contributed by atoms with van der Waals surface area (Å²) in [6.07, 6.45) is 0. The fourth-order valence-corrected chi connectivity index (χ4v) is 4.72. The maximum absolute atomic E-state index is 13.2. The van der Waals surface area contributed by atoms with E-state index in [2.05, 4.69) is 10.3 Å². The number of thiazole rings is 1. The Balaban J connectivity index is 1.74. The molecule has 0 aliphatic rings. The van der Waals surface area contributed by atoms with E-state index in [1.54, 1.807) is 28.8 Å². The van der Waals surface area contributed by atoms with Crippen LogP contribution in [0, 0.1) is 0 Å². The third-order valence-corrected chi connectivity index (χ3v) is 6.01. The van der Waals surface area contributed by atoms with Gasteiger partial charge in [-0.2, -0.15) is 0 Å². The molecule has 2 heterocycles. The third kappa shape index (κ3) is 4.34. The van der Waals surface area contributed by atoms with Gasteiger partial charge in [0.15, 0.2) is 10.3 Å². The molecule has 146 valence electrons. The molecular formula is C20H15ClN4O2S2. The van der Waals surface area contributed by atoms with Gasteiger partial charge in [-0.15, -0.1) is 11.3 Å². The lowest BCUT2D eigenvalue weighted by molar-refractivity contribution is -0.114. The van der Waals surface area contributed by atoms with Crippen LogP contribution in [0.15, 0.2) is 63.9 Å². The van der Waals surface area contributed by atoms with Crippen LogP contribution in [0.1, 0.15) is 12.6 Å². The van der Waals surface area contributed by atoms with Gasteiger partial charge in [-0.05, 0) is 30.3 Å². The molecule has 0 radical (unpaired) electrons. The Morgan fingerprint density at radius 3 is 2.83 bits per heavy atom. The van der Waals surface area contributed by atoms with E-state index < -0.39 is 0 Å². The number of nitrogens with zero attached hydrogens (tertiary/aromatic N) is 3. The number of para-hydroxylation sites is 1. The van der Waals surface area contributed by atoms with Crippen molar-refractivity contribution in [2.75, 3.05) is 5.32 Å². The van der Waals surface area contributed by atoms with E-state index in [-0.39, 0.29) is 11.5 Å². The molecule has 4 rings (SSSR count). The fraction of sp³-hybridized carbons (Fsp3) is 0.100. The number of thioether (sulfide) groups is 1. The molecule has 0 bridgehead atoms. The fourth-order valence-electron chi connectivity index (χ4n) is 2.77. The summed E-state index contributed by atoms with van der Waals surface area (Å²) in [6.45, 7) is 1.44. The topological polar surface area (TPSA) is 76.9 Å². The van der Waals surface area contributed by atoms with Gasteiger partial charge in [0.2, 0.25) is 5.91 Å². The molecule has 0 fully saturated rings. The molecule has 1 amide bonds. The van der Waals surface area contributed by atoms with Crippen LogP contribution >= 0.6 is 34.7 Å². The van der Waals surface area contributed by atoms with E-state index in [4.69, 9.17) is 16.6 Å². The average molecular weight is 443 g/mol. The van der Waals surface area contributed by atoms with Crippen LogP contribution in [-0.4, -0.2) is 20.4 Å². The number of amides is 1. The van der Waals surface area contributed by atoms with Crippen LogP contribution in [0.3, 0.4) is 0 Å². The van der Waals surface area contributed by atoms with Gasteiger partial charge in [0.1, 0.15) is 0 Å². The van der Waals surface area contributed by atoms with Crippen molar-refractivity contribution in [3.63, 3.8) is 0 Å². The van der Waals surface area contributed by atoms with E-state index in [0.717, 1.165) is 5.69 Å². The predicted octanol–water partition coefficient (Wildman–Crippen LogP) is 4.75. The Morgan fingerprint density at radius 2 is 2.03 bits per heavy atom. The van der Waals surface area contributed by atoms with E-state index in [0.29, 0.717) is 37.7 Å². The minimum absolute atomic E-state index is 0.155. The minimum atomic E-state index is -0.162. The smallest absolute Gasteiger partial charge is 0.266 e. The Hall–Kier alpha value is -2.68. The maximum atomic E-state index is 13.2. The number of benzene rings is 2. The van der Waals surface area contributed by atoms with Crippen LogP contribution < -0.4 is 10.9 Å². The normalized spacial score (nSPS) is 11.0. The number of halogens is 1. The van der Waals surface area contributed by atoms with E-state index in [1.165, 1.54) is 30.0 Å². The molecule has 0 saturated heterocycles. The van der Waals surface area contributed by atoms with Crippen LogP contribution in [0.5, 0.6) is 0 Å². The quantitative estimate of drug-likeness (QED) is 0.356. The zero-order valence-corrected chi connectivity index (χ0v) is 17.6. The van der Waals surface area contributed by atoms with Gasteiger partial charge in [-0.3, -0.25) is 14.2 Å². The lowest BCUT2D eigenvalue weighted by Crippen LogP contribution is -2.21. The second-order valence-corrected chi connectivity index (χ2v) is 8.38. The first-order valence-corrected chi connectivity index (χ1v) is 10.9. The molecule has 0 atom stereocenters. The minimum Gasteiger partial charge on any atom is -0.302 e. The van der Waals surface area contributed by atoms with Gasteiger partial charge in [0, 0.05) is 23.1 Å². The number of aromatic nitrogens is 3. The van der Waals surface area contributed by atoms with Crippen molar-refractivity contribution in [1.82, 2.24) is 14.5 Å². The van der Waals surface area contributed by atoms with E-state index in [1.807, 2.05) is 29.6 Å². The highest BCUT2D eigenvalue weighted by Crippen LogP contribution is 2.27. The molecule has 2 aromatic heterocycles. The first kappa shape index (κ1) is 19.6. The molecule has 0 unspecified atom stereocenters. The van der Waals surface area contributed by atoms with Crippen molar-refractivity contribution >= 4 is 56.6 Å². The molecule has 0 aliphatic heterocycles. The maximum Gasteiger partial charge on any atom is 0.266 e. The lowest BCUT2D eigenvalue weighted by Gasteiger charge is -2.13. The number of carbonyl (C=O) groups excluding carboxylic acids is 1. The van der Waals surface area contributed by atoms with Crippen molar-refractivity contribution in [1.29, 1.82) is 0 Å². The van der Waals surface area contributed by atoms with Gasteiger partial charge in [0.05, 0.1) is 22.3 Å². The Morgan fingerprint density at radius 1 is 1.21 bits per heavy atom. The number of nitrogens with one attached hydrogen (secondary N) is 1. The first-order valence-electron chi connectivity index (χ1n) is 8.64. The van der Waals surface area contributed by atoms with Crippen molar-refractivity contribution in [3.8, 4) is 5.69 Å². The van der Waals surface area contributed by atoms with Gasteiger partial charge in [0.25, 0.3) is 5.56 Å². The van der Waals surface area contributed by atoms with E-state index in [9.17, 15) is 9.59 Å². The Kier molecular flexibility index (Phi) is 5.66. The summed E-state index contributed by atoms with van der Waals surface area (Å²) in [7, 11) is 0. The number of fused-ring (bicyclic) bond motifs is 1. The molecule has 1 N–H and O–H groups in total. The Labute approximate surface area is 179 Å². The van der Waals surface area contributed by atoms with Crippen LogP contribution in [-0.2, 0) is 10.5 Å². The summed E-state index contributed by atoms with van der Waals surface area (Å²) in [5, 5.41) is 6.72. The second-order valence-electron chi connectivity index (χ2n) is 6.15. The number of carbonyl (C=O) groups is 1. The van der Waals surface area contributed by atoms with Crippen LogP contribution in [0.4, 0.5) is 5.13 Å². The predicted molar refractivity (Wildman–Crippen MR) is 118 cm³/mol. The lowest BCUT2D eigenvalue weighted by atomic mass is 10.2. The van der Waals surface area contributed by atoms with Gasteiger partial charge in [-0.25, -0.2) is 9.97 Å². The highest BCUT2D eigenvalue weighted by atomic mass is 35.5. The van der Waals surface area contributed by atoms with Gasteiger partial charge < -0.3 is 5.32 Å². The number of hydrogen-bond acceptors (Lipinski definition) is 6. The van der Waals surface area contributed by atoms with Crippen LogP contribution in [0.25, 0.3) is 16.6 Å². The number of hydrogen-bond donors (Lipinski definition) is 1. The van der Waals surface area contributed by atoms with E-state index >= 15 is 0 Å². The first-order chi connectivity index (χ1) is 14.0. The highest BCUT2D eigenvalue weighted by Gasteiger charge is 2.14. The van der Waals surface area contributed by atoms with Crippen LogP contribution in [0.2, 0.25) is 5.02 Å². The molecular weight excluding hydrogens is 428 g/mol. The molecule has 4 aromatic rings. The van der Waals surface area contributed by atoms with Crippen molar-refractivity contribution in [3.05, 3.63) is 75.0 Å². The SMILES string of the molecule is CC(=O)Nc1nc(CSc2nc3ccccc3c(=O)n2-c2cccc(Cl)c2)cs1. The van der Waals surface area contributed by atoms with Gasteiger partial charge >= 0.3 is 0 Å². The average Bonchev–Trinajstić information content (AvgIpc) is 3.13. The van der Waals surface area contributed by atoms with Crippen molar-refractivity contribution in [2.45, 2.75) is 17.8 Å².